The molecular weight excluding hydrogens is 250 g/mol. The van der Waals surface area contributed by atoms with E-state index in [1.54, 1.807) is 7.05 Å². The van der Waals surface area contributed by atoms with Gasteiger partial charge in [0.05, 0.1) is 0 Å². The summed E-state index contributed by atoms with van der Waals surface area (Å²) in [5.41, 5.74) is 8.61. The smallest absolute Gasteiger partial charge is 0.222 e. The molecule has 20 heavy (non-hydrogen) atoms. The minimum atomic E-state index is 0.159. The normalized spacial score (nSPS) is 18.8. The lowest BCUT2D eigenvalue weighted by Gasteiger charge is -2.37. The van der Waals surface area contributed by atoms with Crippen molar-refractivity contribution in [2.45, 2.75) is 25.8 Å². The summed E-state index contributed by atoms with van der Waals surface area (Å²) < 4.78 is 0. The molecule has 1 fully saturated rings. The molecular formula is C16H25N3O. The van der Waals surface area contributed by atoms with Gasteiger partial charge in [-0.1, -0.05) is 24.3 Å². The molecule has 1 atom stereocenters. The number of aryl methyl sites for hydroxylation is 1. The largest absolute Gasteiger partial charge is 0.359 e. The summed E-state index contributed by atoms with van der Waals surface area (Å²) in [7, 11) is 1.71. The Balaban J connectivity index is 2.04. The van der Waals surface area contributed by atoms with Gasteiger partial charge in [0.2, 0.25) is 5.91 Å². The number of piperidine rings is 1. The first-order chi connectivity index (χ1) is 9.67. The first-order valence-corrected chi connectivity index (χ1v) is 7.38. The van der Waals surface area contributed by atoms with E-state index in [1.807, 2.05) is 0 Å². The van der Waals surface area contributed by atoms with E-state index in [1.165, 1.54) is 11.1 Å². The molecule has 0 aliphatic carbocycles. The average Bonchev–Trinajstić information content (AvgIpc) is 2.50. The molecule has 0 aromatic heterocycles. The van der Waals surface area contributed by atoms with Gasteiger partial charge in [0.25, 0.3) is 0 Å². The van der Waals surface area contributed by atoms with Gasteiger partial charge in [-0.15, -0.1) is 0 Å². The number of amides is 1. The van der Waals surface area contributed by atoms with Crippen molar-refractivity contribution in [3.63, 3.8) is 0 Å². The Bertz CT molecular complexity index is 453. The van der Waals surface area contributed by atoms with Crippen LogP contribution in [0.2, 0.25) is 0 Å². The zero-order valence-corrected chi connectivity index (χ0v) is 12.4. The fourth-order valence-corrected chi connectivity index (χ4v) is 3.11. The van der Waals surface area contributed by atoms with Crippen molar-refractivity contribution in [1.82, 2.24) is 10.2 Å². The minimum Gasteiger partial charge on any atom is -0.359 e. The number of nitrogens with one attached hydrogen (secondary N) is 1. The monoisotopic (exact) mass is 275 g/mol. The quantitative estimate of drug-likeness (QED) is 0.874. The van der Waals surface area contributed by atoms with Crippen molar-refractivity contribution in [2.75, 3.05) is 26.7 Å². The number of hydrogen-bond donors (Lipinski definition) is 2. The first-order valence-electron chi connectivity index (χ1n) is 7.38. The van der Waals surface area contributed by atoms with Crippen molar-refractivity contribution in [1.29, 1.82) is 0 Å². The van der Waals surface area contributed by atoms with E-state index in [0.29, 0.717) is 6.54 Å². The average molecular weight is 275 g/mol. The molecule has 2 rings (SSSR count). The lowest BCUT2D eigenvalue weighted by molar-refractivity contribution is -0.126. The number of rotatable bonds is 4. The standard InChI is InChI=1S/C16H25N3O/c1-12-5-3-4-6-14(12)15(11-17)19-9-7-13(8-10-19)16(20)18-2/h3-6,13,15H,7-11,17H2,1-2H3,(H,18,20). The topological polar surface area (TPSA) is 58.4 Å². The summed E-state index contributed by atoms with van der Waals surface area (Å²) >= 11 is 0. The number of nitrogens with zero attached hydrogens (tertiary/aromatic N) is 1. The number of hydrogen-bond acceptors (Lipinski definition) is 3. The maximum absolute atomic E-state index is 11.7. The third-order valence-corrected chi connectivity index (χ3v) is 4.36. The molecule has 1 unspecified atom stereocenters. The Hall–Kier alpha value is -1.39. The van der Waals surface area contributed by atoms with Gasteiger partial charge in [0.1, 0.15) is 0 Å². The van der Waals surface area contributed by atoms with E-state index in [9.17, 15) is 4.79 Å². The lowest BCUT2D eigenvalue weighted by atomic mass is 9.92. The zero-order valence-electron chi connectivity index (χ0n) is 12.4. The van der Waals surface area contributed by atoms with Crippen LogP contribution >= 0.6 is 0 Å². The molecule has 1 aliphatic heterocycles. The van der Waals surface area contributed by atoms with Gasteiger partial charge in [0.15, 0.2) is 0 Å². The number of nitrogens with two attached hydrogens (primary N) is 1. The van der Waals surface area contributed by atoms with E-state index in [2.05, 4.69) is 41.4 Å². The predicted octanol–water partition coefficient (Wildman–Crippen LogP) is 1.45. The highest BCUT2D eigenvalue weighted by atomic mass is 16.1. The van der Waals surface area contributed by atoms with Gasteiger partial charge in [-0.05, 0) is 44.0 Å². The summed E-state index contributed by atoms with van der Waals surface area (Å²) in [6.45, 7) is 4.63. The number of carbonyl (C=O) groups is 1. The molecule has 4 heteroatoms. The predicted molar refractivity (Wildman–Crippen MR) is 81.3 cm³/mol. The highest BCUT2D eigenvalue weighted by molar-refractivity contribution is 5.78. The Morgan fingerprint density at radius 3 is 2.60 bits per heavy atom. The molecule has 1 amide bonds. The first kappa shape index (κ1) is 15.0. The Labute approximate surface area is 121 Å². The van der Waals surface area contributed by atoms with Crippen molar-refractivity contribution in [2.24, 2.45) is 11.7 Å². The van der Waals surface area contributed by atoms with E-state index >= 15 is 0 Å². The van der Waals surface area contributed by atoms with Gasteiger partial charge < -0.3 is 11.1 Å². The van der Waals surface area contributed by atoms with Crippen LogP contribution < -0.4 is 11.1 Å². The molecule has 1 heterocycles. The van der Waals surface area contributed by atoms with Crippen LogP contribution in [0.4, 0.5) is 0 Å². The van der Waals surface area contributed by atoms with Crippen LogP contribution in [-0.2, 0) is 4.79 Å². The zero-order chi connectivity index (χ0) is 14.5. The van der Waals surface area contributed by atoms with Crippen LogP contribution in [0.3, 0.4) is 0 Å². The van der Waals surface area contributed by atoms with Crippen molar-refractivity contribution >= 4 is 5.91 Å². The highest BCUT2D eigenvalue weighted by Gasteiger charge is 2.28. The van der Waals surface area contributed by atoms with Gasteiger partial charge in [-0.2, -0.15) is 0 Å². The molecule has 3 N–H and O–H groups in total. The number of likely N-dealkylation sites (tertiary alicyclic amines) is 1. The van der Waals surface area contributed by atoms with Gasteiger partial charge >= 0.3 is 0 Å². The van der Waals surface area contributed by atoms with Crippen molar-refractivity contribution in [3.8, 4) is 0 Å². The molecule has 4 nitrogen and oxygen atoms in total. The molecule has 0 bridgehead atoms. The van der Waals surface area contributed by atoms with Crippen LogP contribution in [0.1, 0.15) is 30.0 Å². The van der Waals surface area contributed by atoms with E-state index < -0.39 is 0 Å². The van der Waals surface area contributed by atoms with Crippen LogP contribution in [0.25, 0.3) is 0 Å². The highest BCUT2D eigenvalue weighted by Crippen LogP contribution is 2.28. The summed E-state index contributed by atoms with van der Waals surface area (Å²) in [6, 6.07) is 8.70. The molecule has 0 saturated carbocycles. The van der Waals surface area contributed by atoms with Gasteiger partial charge in [0, 0.05) is 25.6 Å². The van der Waals surface area contributed by atoms with Crippen LogP contribution in [0, 0.1) is 12.8 Å². The Kier molecular flexibility index (Phi) is 5.15. The number of carbonyl (C=O) groups excluding carboxylic acids is 1. The van der Waals surface area contributed by atoms with Gasteiger partial charge in [-0.25, -0.2) is 0 Å². The van der Waals surface area contributed by atoms with Gasteiger partial charge in [-0.3, -0.25) is 9.69 Å². The van der Waals surface area contributed by atoms with E-state index in [0.717, 1.165) is 25.9 Å². The van der Waals surface area contributed by atoms with E-state index in [-0.39, 0.29) is 17.9 Å². The fourth-order valence-electron chi connectivity index (χ4n) is 3.11. The second kappa shape index (κ2) is 6.86. The van der Waals surface area contributed by atoms with E-state index in [4.69, 9.17) is 5.73 Å². The molecule has 0 spiro atoms. The SMILES string of the molecule is CNC(=O)C1CCN(C(CN)c2ccccc2C)CC1. The second-order valence-corrected chi connectivity index (χ2v) is 5.53. The molecule has 1 aromatic carbocycles. The fraction of sp³-hybridized carbons (Fsp3) is 0.562. The third kappa shape index (κ3) is 3.19. The minimum absolute atomic E-state index is 0.159. The summed E-state index contributed by atoms with van der Waals surface area (Å²) in [4.78, 5) is 14.1. The second-order valence-electron chi connectivity index (χ2n) is 5.53. The Morgan fingerprint density at radius 2 is 2.05 bits per heavy atom. The summed E-state index contributed by atoms with van der Waals surface area (Å²) in [6.07, 6.45) is 1.84. The van der Waals surface area contributed by atoms with Crippen molar-refractivity contribution < 1.29 is 4.79 Å². The molecule has 0 radical (unpaired) electrons. The third-order valence-electron chi connectivity index (χ3n) is 4.36. The number of benzene rings is 1. The maximum Gasteiger partial charge on any atom is 0.222 e. The van der Waals surface area contributed by atoms with Crippen LogP contribution in [0.15, 0.2) is 24.3 Å². The van der Waals surface area contributed by atoms with Crippen LogP contribution in [0.5, 0.6) is 0 Å². The Morgan fingerprint density at radius 1 is 1.40 bits per heavy atom. The molecule has 1 aromatic rings. The maximum atomic E-state index is 11.7. The molecule has 110 valence electrons. The summed E-state index contributed by atoms with van der Waals surface area (Å²) in [5, 5.41) is 2.75. The molecule has 1 saturated heterocycles. The summed E-state index contributed by atoms with van der Waals surface area (Å²) in [5.74, 6) is 0.330. The molecule has 1 aliphatic rings. The van der Waals surface area contributed by atoms with Crippen molar-refractivity contribution in [3.05, 3.63) is 35.4 Å². The lowest BCUT2D eigenvalue weighted by Crippen LogP contribution is -2.43. The van der Waals surface area contributed by atoms with Crippen LogP contribution in [-0.4, -0.2) is 37.5 Å².